The van der Waals surface area contributed by atoms with Gasteiger partial charge in [-0.3, -0.25) is 0 Å². The van der Waals surface area contributed by atoms with Crippen molar-refractivity contribution in [1.29, 1.82) is 0 Å². The van der Waals surface area contributed by atoms with Crippen molar-refractivity contribution in [3.8, 4) is 0 Å². The van der Waals surface area contributed by atoms with Gasteiger partial charge in [0, 0.05) is 41.0 Å². The molecular formula is C15H20N2S. The molecule has 2 heterocycles. The first-order chi connectivity index (χ1) is 8.78. The van der Waals surface area contributed by atoms with E-state index < -0.39 is 0 Å². The van der Waals surface area contributed by atoms with Gasteiger partial charge in [-0.1, -0.05) is 13.0 Å². The maximum atomic E-state index is 3.64. The summed E-state index contributed by atoms with van der Waals surface area (Å²) in [7, 11) is 2.21. The Morgan fingerprint density at radius 3 is 2.94 bits per heavy atom. The second-order valence-electron chi connectivity index (χ2n) is 5.03. The maximum Gasteiger partial charge on any atom is 0.0470 e. The van der Waals surface area contributed by atoms with E-state index in [1.165, 1.54) is 34.5 Å². The van der Waals surface area contributed by atoms with Crippen LogP contribution in [0.1, 0.15) is 18.2 Å². The highest BCUT2D eigenvalue weighted by molar-refractivity contribution is 7.99. The summed E-state index contributed by atoms with van der Waals surface area (Å²) in [5.74, 6) is 1.14. The molecule has 0 spiro atoms. The van der Waals surface area contributed by atoms with Crippen molar-refractivity contribution in [2.24, 2.45) is 0 Å². The molecule has 1 aromatic heterocycles. The van der Waals surface area contributed by atoms with E-state index in [0.29, 0.717) is 0 Å². The molecule has 0 saturated carbocycles. The number of fused-ring (bicyclic) bond motifs is 3. The summed E-state index contributed by atoms with van der Waals surface area (Å²) in [6.45, 7) is 4.54. The van der Waals surface area contributed by atoms with Crippen molar-refractivity contribution in [1.82, 2.24) is 9.88 Å². The topological polar surface area (TPSA) is 19.0 Å². The predicted molar refractivity (Wildman–Crippen MR) is 79.6 cm³/mol. The maximum absolute atomic E-state index is 3.64. The zero-order chi connectivity index (χ0) is 12.5. The van der Waals surface area contributed by atoms with E-state index >= 15 is 0 Å². The lowest BCUT2D eigenvalue weighted by Gasteiger charge is -2.11. The first-order valence-corrected chi connectivity index (χ1v) is 7.71. The predicted octanol–water partition coefficient (Wildman–Crippen LogP) is 3.31. The zero-order valence-corrected chi connectivity index (χ0v) is 11.9. The third kappa shape index (κ3) is 2.17. The smallest absolute Gasteiger partial charge is 0.0470 e. The molecule has 1 aromatic carbocycles. The lowest BCUT2D eigenvalue weighted by atomic mass is 10.1. The van der Waals surface area contributed by atoms with E-state index in [1.807, 2.05) is 11.8 Å². The summed E-state index contributed by atoms with van der Waals surface area (Å²) < 4.78 is 0. The minimum absolute atomic E-state index is 1.14. The second-order valence-corrected chi connectivity index (χ2v) is 6.36. The molecule has 2 nitrogen and oxygen atoms in total. The standard InChI is InChI=1S/C15H20N2S/c1-3-18-11-4-5-12-13-6-8-17(2)9-7-14(13)16-15(12)10-11/h4-5,10,16H,3,6-9H2,1-2H3. The molecule has 96 valence electrons. The molecule has 0 saturated heterocycles. The Labute approximate surface area is 113 Å². The van der Waals surface area contributed by atoms with Crippen LogP contribution < -0.4 is 0 Å². The highest BCUT2D eigenvalue weighted by Crippen LogP contribution is 2.29. The monoisotopic (exact) mass is 260 g/mol. The zero-order valence-electron chi connectivity index (χ0n) is 11.1. The largest absolute Gasteiger partial charge is 0.358 e. The minimum atomic E-state index is 1.14. The number of aromatic nitrogens is 1. The van der Waals surface area contributed by atoms with Crippen molar-refractivity contribution in [2.45, 2.75) is 24.7 Å². The van der Waals surface area contributed by atoms with Gasteiger partial charge in [-0.2, -0.15) is 0 Å². The Hall–Kier alpha value is -0.930. The molecule has 0 atom stereocenters. The number of rotatable bonds is 2. The summed E-state index contributed by atoms with van der Waals surface area (Å²) in [5, 5.41) is 1.43. The number of hydrogen-bond donors (Lipinski definition) is 1. The fourth-order valence-electron chi connectivity index (χ4n) is 2.76. The van der Waals surface area contributed by atoms with Gasteiger partial charge in [-0.25, -0.2) is 0 Å². The third-order valence-electron chi connectivity index (χ3n) is 3.76. The van der Waals surface area contributed by atoms with Crippen LogP contribution in [-0.2, 0) is 12.8 Å². The first kappa shape index (κ1) is 12.1. The van der Waals surface area contributed by atoms with Gasteiger partial charge in [0.1, 0.15) is 0 Å². The molecule has 0 unspecified atom stereocenters. The van der Waals surface area contributed by atoms with E-state index in [2.05, 4.69) is 42.1 Å². The molecule has 0 radical (unpaired) electrons. The third-order valence-corrected chi connectivity index (χ3v) is 4.64. The average molecular weight is 260 g/mol. The van der Waals surface area contributed by atoms with E-state index in [4.69, 9.17) is 0 Å². The Kier molecular flexibility index (Phi) is 3.35. The van der Waals surface area contributed by atoms with Crippen molar-refractivity contribution in [3.05, 3.63) is 29.5 Å². The lowest BCUT2D eigenvalue weighted by Crippen LogP contribution is -2.21. The summed E-state index contributed by atoms with van der Waals surface area (Å²) in [6, 6.07) is 6.87. The van der Waals surface area contributed by atoms with Gasteiger partial charge in [-0.05, 0) is 36.9 Å². The molecule has 1 aliphatic heterocycles. The first-order valence-electron chi connectivity index (χ1n) is 6.72. The Balaban J connectivity index is 2.03. The normalized spacial score (nSPS) is 16.8. The number of aromatic amines is 1. The van der Waals surface area contributed by atoms with Crippen molar-refractivity contribution in [2.75, 3.05) is 25.9 Å². The van der Waals surface area contributed by atoms with E-state index in [0.717, 1.165) is 18.7 Å². The van der Waals surface area contributed by atoms with Crippen LogP contribution in [-0.4, -0.2) is 35.8 Å². The van der Waals surface area contributed by atoms with Gasteiger partial charge in [0.05, 0.1) is 0 Å². The van der Waals surface area contributed by atoms with Crippen LogP contribution in [0.3, 0.4) is 0 Å². The van der Waals surface area contributed by atoms with E-state index in [1.54, 1.807) is 5.56 Å². The number of nitrogens with zero attached hydrogens (tertiary/aromatic N) is 1. The van der Waals surface area contributed by atoms with Crippen molar-refractivity contribution >= 4 is 22.7 Å². The highest BCUT2D eigenvalue weighted by Gasteiger charge is 2.16. The summed E-state index contributed by atoms with van der Waals surface area (Å²) in [6.07, 6.45) is 2.32. The van der Waals surface area contributed by atoms with Crippen molar-refractivity contribution < 1.29 is 0 Å². The fraction of sp³-hybridized carbons (Fsp3) is 0.467. The summed E-state index contributed by atoms with van der Waals surface area (Å²) >= 11 is 1.91. The minimum Gasteiger partial charge on any atom is -0.358 e. The molecule has 1 aliphatic rings. The van der Waals surface area contributed by atoms with Crippen LogP contribution in [0, 0.1) is 0 Å². The van der Waals surface area contributed by atoms with Crippen molar-refractivity contribution in [3.63, 3.8) is 0 Å². The number of hydrogen-bond acceptors (Lipinski definition) is 2. The van der Waals surface area contributed by atoms with Crippen LogP contribution >= 0.6 is 11.8 Å². The molecule has 18 heavy (non-hydrogen) atoms. The van der Waals surface area contributed by atoms with Gasteiger partial charge in [-0.15, -0.1) is 11.8 Å². The van der Waals surface area contributed by atoms with Gasteiger partial charge in [0.15, 0.2) is 0 Å². The summed E-state index contributed by atoms with van der Waals surface area (Å²) in [4.78, 5) is 7.43. The van der Waals surface area contributed by atoms with Gasteiger partial charge < -0.3 is 9.88 Å². The number of nitrogens with one attached hydrogen (secondary N) is 1. The summed E-state index contributed by atoms with van der Waals surface area (Å²) in [5.41, 5.74) is 4.32. The SMILES string of the molecule is CCSc1ccc2c3c([nH]c2c1)CCN(C)CC3. The molecule has 2 aromatic rings. The average Bonchev–Trinajstić information content (AvgIpc) is 2.61. The quantitative estimate of drug-likeness (QED) is 0.835. The number of thioether (sulfide) groups is 1. The second kappa shape index (κ2) is 4.98. The van der Waals surface area contributed by atoms with Gasteiger partial charge in [0.2, 0.25) is 0 Å². The molecule has 3 rings (SSSR count). The van der Waals surface area contributed by atoms with Crippen LogP contribution in [0.2, 0.25) is 0 Å². The molecule has 0 aliphatic carbocycles. The highest BCUT2D eigenvalue weighted by atomic mass is 32.2. The number of benzene rings is 1. The van der Waals surface area contributed by atoms with E-state index in [9.17, 15) is 0 Å². The van der Waals surface area contributed by atoms with Crippen LogP contribution in [0.25, 0.3) is 10.9 Å². The molecule has 0 amide bonds. The number of H-pyrrole nitrogens is 1. The van der Waals surface area contributed by atoms with Crippen LogP contribution in [0.15, 0.2) is 23.1 Å². The molecule has 0 fully saturated rings. The fourth-order valence-corrected chi connectivity index (χ4v) is 3.46. The Morgan fingerprint density at radius 2 is 2.11 bits per heavy atom. The Bertz CT molecular complexity index is 559. The van der Waals surface area contributed by atoms with Gasteiger partial charge >= 0.3 is 0 Å². The van der Waals surface area contributed by atoms with Crippen LogP contribution in [0.5, 0.6) is 0 Å². The van der Waals surface area contributed by atoms with Gasteiger partial charge in [0.25, 0.3) is 0 Å². The van der Waals surface area contributed by atoms with Crippen LogP contribution in [0.4, 0.5) is 0 Å². The molecular weight excluding hydrogens is 240 g/mol. The van der Waals surface area contributed by atoms with E-state index in [-0.39, 0.29) is 0 Å². The number of likely N-dealkylation sites (N-methyl/N-ethyl adjacent to an activating group) is 1. The Morgan fingerprint density at radius 1 is 1.28 bits per heavy atom. The molecule has 0 bridgehead atoms. The molecule has 1 N–H and O–H groups in total. The lowest BCUT2D eigenvalue weighted by molar-refractivity contribution is 0.352. The molecule has 3 heteroatoms.